The van der Waals surface area contributed by atoms with Crippen molar-refractivity contribution in [3.63, 3.8) is 0 Å². The van der Waals surface area contributed by atoms with Crippen LogP contribution in [0.3, 0.4) is 0 Å². The molecule has 8 heteroatoms. The van der Waals surface area contributed by atoms with Gasteiger partial charge in [0.1, 0.15) is 11.4 Å². The van der Waals surface area contributed by atoms with E-state index >= 15 is 0 Å². The first-order valence-electron chi connectivity index (χ1n) is 9.52. The number of hydrogen-bond acceptors (Lipinski definition) is 5. The first-order chi connectivity index (χ1) is 14.4. The smallest absolute Gasteiger partial charge is 0.343 e. The van der Waals surface area contributed by atoms with Crippen molar-refractivity contribution in [3.05, 3.63) is 64.3 Å². The number of amides is 1. The number of aromatic amines is 1. The van der Waals surface area contributed by atoms with E-state index in [1.165, 1.54) is 7.11 Å². The van der Waals surface area contributed by atoms with E-state index in [-0.39, 0.29) is 12.5 Å². The summed E-state index contributed by atoms with van der Waals surface area (Å²) in [7, 11) is 1.30. The number of ether oxygens (including phenoxy) is 2. The Hall–Kier alpha value is -3.03. The predicted molar refractivity (Wildman–Crippen MR) is 112 cm³/mol. The summed E-state index contributed by atoms with van der Waals surface area (Å²) < 4.78 is 10.2. The number of H-pyrrole nitrogens is 1. The zero-order valence-corrected chi connectivity index (χ0v) is 17.0. The minimum Gasteiger partial charge on any atom is -0.482 e. The van der Waals surface area contributed by atoms with Gasteiger partial charge in [0, 0.05) is 22.3 Å². The zero-order chi connectivity index (χ0) is 21.3. The lowest BCUT2D eigenvalue weighted by Gasteiger charge is -2.31. The second-order valence-corrected chi connectivity index (χ2v) is 7.67. The molecule has 0 bridgehead atoms. The van der Waals surface area contributed by atoms with Gasteiger partial charge in [0.05, 0.1) is 19.3 Å². The molecule has 4 rings (SSSR count). The molecule has 0 aliphatic heterocycles. The topological polar surface area (TPSA) is 101 Å². The first kappa shape index (κ1) is 20.3. The molecule has 30 heavy (non-hydrogen) atoms. The van der Waals surface area contributed by atoms with Crippen molar-refractivity contribution >= 4 is 34.4 Å². The molecule has 3 aromatic rings. The summed E-state index contributed by atoms with van der Waals surface area (Å²) in [5, 5.41) is 14.9. The highest BCUT2D eigenvalue weighted by Crippen LogP contribution is 2.30. The number of aliphatic hydroxyl groups is 1. The third kappa shape index (κ3) is 4.13. The van der Waals surface area contributed by atoms with E-state index in [2.05, 4.69) is 15.0 Å². The number of aromatic nitrogens is 1. The van der Waals surface area contributed by atoms with E-state index in [4.69, 9.17) is 16.3 Å². The molecular formula is C22H21ClN2O5. The second-order valence-electron chi connectivity index (χ2n) is 7.23. The number of halogens is 1. The van der Waals surface area contributed by atoms with Gasteiger partial charge >= 0.3 is 5.97 Å². The first-order valence-corrected chi connectivity index (χ1v) is 9.90. The summed E-state index contributed by atoms with van der Waals surface area (Å²) in [6.45, 7) is -0.204. The van der Waals surface area contributed by atoms with Crippen molar-refractivity contribution in [3.8, 4) is 5.75 Å². The van der Waals surface area contributed by atoms with Crippen LogP contribution >= 0.6 is 11.6 Å². The molecule has 1 aliphatic rings. The molecule has 0 saturated carbocycles. The summed E-state index contributed by atoms with van der Waals surface area (Å²) in [4.78, 5) is 27.3. The second kappa shape index (κ2) is 8.38. The molecule has 1 heterocycles. The van der Waals surface area contributed by atoms with E-state index in [1.54, 1.807) is 24.3 Å². The van der Waals surface area contributed by atoms with Gasteiger partial charge in [-0.05, 0) is 47.9 Å². The highest BCUT2D eigenvalue weighted by molar-refractivity contribution is 6.31. The molecule has 156 valence electrons. The van der Waals surface area contributed by atoms with E-state index in [0.717, 1.165) is 22.0 Å². The van der Waals surface area contributed by atoms with Gasteiger partial charge in [-0.15, -0.1) is 0 Å². The van der Waals surface area contributed by atoms with E-state index in [1.807, 2.05) is 18.2 Å². The summed E-state index contributed by atoms with van der Waals surface area (Å²) in [6, 6.07) is 12.1. The number of nitrogens with one attached hydrogen (secondary N) is 2. The number of esters is 1. The van der Waals surface area contributed by atoms with Crippen LogP contribution in [-0.4, -0.2) is 47.8 Å². The highest BCUT2D eigenvalue weighted by atomic mass is 35.5. The van der Waals surface area contributed by atoms with Crippen LogP contribution in [-0.2, 0) is 22.4 Å². The van der Waals surface area contributed by atoms with Gasteiger partial charge in [-0.25, -0.2) is 4.79 Å². The molecule has 0 radical (unpaired) electrons. The summed E-state index contributed by atoms with van der Waals surface area (Å²) in [6.07, 6.45) is 0.0139. The Bertz CT molecular complexity index is 1110. The average Bonchev–Trinajstić information content (AvgIpc) is 3.15. The number of aliphatic hydroxyl groups excluding tert-OH is 1. The van der Waals surface area contributed by atoms with Gasteiger partial charge in [0.2, 0.25) is 0 Å². The van der Waals surface area contributed by atoms with Crippen LogP contribution in [0.15, 0.2) is 42.5 Å². The van der Waals surface area contributed by atoms with E-state index in [9.17, 15) is 14.7 Å². The molecule has 1 aliphatic carbocycles. The maximum Gasteiger partial charge on any atom is 0.343 e. The van der Waals surface area contributed by atoms with Gasteiger partial charge < -0.3 is 24.9 Å². The Labute approximate surface area is 177 Å². The lowest BCUT2D eigenvalue weighted by atomic mass is 9.85. The van der Waals surface area contributed by atoms with Crippen molar-refractivity contribution in [1.29, 1.82) is 0 Å². The molecule has 2 unspecified atom stereocenters. The van der Waals surface area contributed by atoms with Crippen LogP contribution in [0.2, 0.25) is 5.02 Å². The van der Waals surface area contributed by atoms with Crippen LogP contribution in [0.5, 0.6) is 5.75 Å². The van der Waals surface area contributed by atoms with Crippen molar-refractivity contribution in [2.24, 2.45) is 0 Å². The maximum absolute atomic E-state index is 12.8. The number of benzene rings is 2. The molecule has 1 aromatic heterocycles. The third-order valence-electron chi connectivity index (χ3n) is 5.26. The standard InChI is InChI=1S/C22H21ClN2O5/c1-29-21(27)11-30-20-4-2-3-12-9-19(26)17(10-15(12)20)25-22(28)18-8-13-7-14(23)5-6-16(13)24-18/h2-8,17,19,24,26H,9-11H2,1H3,(H,25,28). The number of methoxy groups -OCH3 is 1. The van der Waals surface area contributed by atoms with Gasteiger partial charge in [-0.1, -0.05) is 23.7 Å². The fourth-order valence-electron chi connectivity index (χ4n) is 3.71. The zero-order valence-electron chi connectivity index (χ0n) is 16.3. The molecule has 7 nitrogen and oxygen atoms in total. The third-order valence-corrected chi connectivity index (χ3v) is 5.50. The van der Waals surface area contributed by atoms with E-state index < -0.39 is 18.1 Å². The fraction of sp³-hybridized carbons (Fsp3) is 0.273. The molecule has 0 spiro atoms. The number of hydrogen-bond donors (Lipinski definition) is 3. The quantitative estimate of drug-likeness (QED) is 0.542. The highest BCUT2D eigenvalue weighted by Gasteiger charge is 2.30. The van der Waals surface area contributed by atoms with Crippen molar-refractivity contribution in [2.75, 3.05) is 13.7 Å². The Balaban J connectivity index is 1.52. The van der Waals surface area contributed by atoms with Gasteiger partial charge in [-0.3, -0.25) is 4.79 Å². The molecule has 2 atom stereocenters. The molecule has 0 saturated heterocycles. The summed E-state index contributed by atoms with van der Waals surface area (Å²) in [5.74, 6) is -0.251. The lowest BCUT2D eigenvalue weighted by molar-refractivity contribution is -0.142. The Morgan fingerprint density at radius 3 is 2.87 bits per heavy atom. The maximum atomic E-state index is 12.8. The number of carbonyl (C=O) groups excluding carboxylic acids is 2. The minimum atomic E-state index is -0.740. The molecular weight excluding hydrogens is 408 g/mol. The van der Waals surface area contributed by atoms with Crippen LogP contribution in [0.25, 0.3) is 10.9 Å². The average molecular weight is 429 g/mol. The van der Waals surface area contributed by atoms with E-state index in [0.29, 0.717) is 29.3 Å². The van der Waals surface area contributed by atoms with Crippen LogP contribution < -0.4 is 10.1 Å². The SMILES string of the molecule is COC(=O)COc1cccc2c1CC(NC(=O)c1cc3cc(Cl)ccc3[nH]1)C(O)C2. The van der Waals surface area contributed by atoms with Gasteiger partial charge in [-0.2, -0.15) is 0 Å². The van der Waals surface area contributed by atoms with Crippen LogP contribution in [0, 0.1) is 0 Å². The van der Waals surface area contributed by atoms with Crippen LogP contribution in [0.1, 0.15) is 21.6 Å². The molecule has 2 aromatic carbocycles. The molecule has 3 N–H and O–H groups in total. The Morgan fingerprint density at radius 1 is 1.23 bits per heavy atom. The normalized spacial score (nSPS) is 18.0. The van der Waals surface area contributed by atoms with Crippen molar-refractivity contribution < 1.29 is 24.2 Å². The number of rotatable bonds is 5. The van der Waals surface area contributed by atoms with Crippen LogP contribution in [0.4, 0.5) is 0 Å². The Morgan fingerprint density at radius 2 is 2.07 bits per heavy atom. The van der Waals surface area contributed by atoms with Gasteiger partial charge in [0.15, 0.2) is 6.61 Å². The molecule has 0 fully saturated rings. The van der Waals surface area contributed by atoms with Gasteiger partial charge in [0.25, 0.3) is 5.91 Å². The molecule has 1 amide bonds. The number of carbonyl (C=O) groups is 2. The Kier molecular flexibility index (Phi) is 5.65. The minimum absolute atomic E-state index is 0.204. The number of fused-ring (bicyclic) bond motifs is 2. The van der Waals surface area contributed by atoms with Crippen molar-refractivity contribution in [2.45, 2.75) is 25.0 Å². The largest absolute Gasteiger partial charge is 0.482 e. The fourth-order valence-corrected chi connectivity index (χ4v) is 3.89. The predicted octanol–water partition coefficient (Wildman–Crippen LogP) is 2.63. The summed E-state index contributed by atoms with van der Waals surface area (Å²) >= 11 is 6.01. The summed E-state index contributed by atoms with van der Waals surface area (Å²) in [5.41, 5.74) is 2.98. The monoisotopic (exact) mass is 428 g/mol. The lowest BCUT2D eigenvalue weighted by Crippen LogP contribution is -2.48. The van der Waals surface area contributed by atoms with Crippen molar-refractivity contribution in [1.82, 2.24) is 10.3 Å².